The van der Waals surface area contributed by atoms with Crippen LogP contribution >= 0.6 is 22.7 Å². The Balaban J connectivity index is 1.83. The summed E-state index contributed by atoms with van der Waals surface area (Å²) in [4.78, 5) is 18.9. The molecule has 0 unspecified atom stereocenters. The highest BCUT2D eigenvalue weighted by Gasteiger charge is 2.20. The van der Waals surface area contributed by atoms with Gasteiger partial charge in [-0.3, -0.25) is 4.79 Å². The van der Waals surface area contributed by atoms with Crippen LogP contribution in [0.3, 0.4) is 0 Å². The van der Waals surface area contributed by atoms with E-state index in [-0.39, 0.29) is 12.5 Å². The van der Waals surface area contributed by atoms with Crippen LogP contribution in [0.4, 0.5) is 0 Å². The van der Waals surface area contributed by atoms with E-state index in [1.54, 1.807) is 36.5 Å². The van der Waals surface area contributed by atoms with Gasteiger partial charge in [-0.15, -0.1) is 22.7 Å². The minimum Gasteiger partial charge on any atom is -0.488 e. The molecule has 0 bridgehead atoms. The largest absolute Gasteiger partial charge is 0.488 e. The van der Waals surface area contributed by atoms with Crippen molar-refractivity contribution in [1.29, 1.82) is 0 Å². The van der Waals surface area contributed by atoms with Gasteiger partial charge in [-0.2, -0.15) is 0 Å². The zero-order valence-corrected chi connectivity index (χ0v) is 16.9. The quantitative estimate of drug-likeness (QED) is 0.666. The Morgan fingerprint density at radius 1 is 1.35 bits per heavy atom. The van der Waals surface area contributed by atoms with Crippen molar-refractivity contribution in [2.24, 2.45) is 0 Å². The number of benzene rings is 1. The third kappa shape index (κ3) is 4.23. The molecule has 1 amide bonds. The van der Waals surface area contributed by atoms with Gasteiger partial charge in [0.15, 0.2) is 0 Å². The number of ether oxygens (including phenoxy) is 1. The standard InChI is InChI=1S/C19H22N2O3S2/c1-11-16(25-10-21-11)8-24-13-5-6-15-14(7-13)17(12(2)26-15)18(22)20-9-19(3,4)23/h5-7,10,23H,8-9H2,1-4H3,(H,20,22). The number of aryl methyl sites for hydroxylation is 2. The lowest BCUT2D eigenvalue weighted by molar-refractivity contribution is 0.0695. The molecule has 0 aliphatic rings. The Bertz CT molecular complexity index is 938. The van der Waals surface area contributed by atoms with E-state index in [2.05, 4.69) is 10.3 Å². The molecule has 7 heteroatoms. The van der Waals surface area contributed by atoms with E-state index in [1.165, 1.54) is 0 Å². The van der Waals surface area contributed by atoms with Crippen molar-refractivity contribution in [2.45, 2.75) is 39.9 Å². The average Bonchev–Trinajstić information content (AvgIpc) is 3.11. The average molecular weight is 391 g/mol. The summed E-state index contributed by atoms with van der Waals surface area (Å²) in [7, 11) is 0. The van der Waals surface area contributed by atoms with Gasteiger partial charge in [-0.1, -0.05) is 0 Å². The molecule has 0 saturated heterocycles. The van der Waals surface area contributed by atoms with Gasteiger partial charge in [0.25, 0.3) is 5.91 Å². The van der Waals surface area contributed by atoms with E-state index in [0.29, 0.717) is 12.2 Å². The SMILES string of the molecule is Cc1ncsc1COc1ccc2sc(C)c(C(=O)NCC(C)(C)O)c2c1. The molecular weight excluding hydrogens is 368 g/mol. The van der Waals surface area contributed by atoms with Gasteiger partial charge in [-0.05, 0) is 45.9 Å². The number of nitrogens with zero attached hydrogens (tertiary/aromatic N) is 1. The Morgan fingerprint density at radius 2 is 2.12 bits per heavy atom. The number of hydrogen-bond acceptors (Lipinski definition) is 6. The Morgan fingerprint density at radius 3 is 2.77 bits per heavy atom. The topological polar surface area (TPSA) is 71.5 Å². The fourth-order valence-corrected chi connectivity index (χ4v) is 4.30. The van der Waals surface area contributed by atoms with Crippen LogP contribution in [0.5, 0.6) is 5.75 Å². The first-order valence-electron chi connectivity index (χ1n) is 8.30. The Hall–Kier alpha value is -1.96. The molecule has 0 aliphatic carbocycles. The number of amides is 1. The van der Waals surface area contributed by atoms with Crippen LogP contribution in [-0.2, 0) is 6.61 Å². The molecule has 2 heterocycles. The van der Waals surface area contributed by atoms with Crippen molar-refractivity contribution in [3.63, 3.8) is 0 Å². The number of hydrogen-bond donors (Lipinski definition) is 2. The van der Waals surface area contributed by atoms with Crippen LogP contribution in [0.1, 0.15) is 39.7 Å². The van der Waals surface area contributed by atoms with Gasteiger partial charge in [0.1, 0.15) is 12.4 Å². The predicted octanol–water partition coefficient (Wildman–Crippen LogP) is 4.05. The second-order valence-corrected chi connectivity index (χ2v) is 9.03. The molecule has 26 heavy (non-hydrogen) atoms. The lowest BCUT2D eigenvalue weighted by Crippen LogP contribution is -2.38. The normalized spacial score (nSPS) is 11.7. The number of aliphatic hydroxyl groups is 1. The first kappa shape index (κ1) is 18.8. The Labute approximate surface area is 160 Å². The van der Waals surface area contributed by atoms with Crippen LogP contribution in [0, 0.1) is 13.8 Å². The molecule has 0 saturated carbocycles. The molecule has 0 spiro atoms. The van der Waals surface area contributed by atoms with Crippen LogP contribution in [-0.4, -0.2) is 28.1 Å². The lowest BCUT2D eigenvalue weighted by Gasteiger charge is -2.17. The number of thiophene rings is 1. The number of fused-ring (bicyclic) bond motifs is 1. The second kappa shape index (κ2) is 7.34. The molecule has 0 aliphatic heterocycles. The first-order chi connectivity index (χ1) is 12.2. The van der Waals surface area contributed by atoms with E-state index in [0.717, 1.165) is 31.3 Å². The number of thiazole rings is 1. The van der Waals surface area contributed by atoms with Crippen molar-refractivity contribution >= 4 is 38.7 Å². The van der Waals surface area contributed by atoms with Gasteiger partial charge in [0.05, 0.1) is 27.2 Å². The number of carbonyl (C=O) groups excluding carboxylic acids is 1. The molecular formula is C19H22N2O3S2. The van der Waals surface area contributed by atoms with Crippen molar-refractivity contribution < 1.29 is 14.6 Å². The van der Waals surface area contributed by atoms with Gasteiger partial charge < -0.3 is 15.2 Å². The number of carbonyl (C=O) groups is 1. The summed E-state index contributed by atoms with van der Waals surface area (Å²) in [5.41, 5.74) is 2.49. The van der Waals surface area contributed by atoms with Crippen molar-refractivity contribution in [1.82, 2.24) is 10.3 Å². The molecule has 0 fully saturated rings. The summed E-state index contributed by atoms with van der Waals surface area (Å²) in [5.74, 6) is 0.547. The predicted molar refractivity (Wildman–Crippen MR) is 106 cm³/mol. The zero-order chi connectivity index (χ0) is 18.9. The third-order valence-electron chi connectivity index (χ3n) is 3.96. The highest BCUT2D eigenvalue weighted by atomic mass is 32.1. The second-order valence-electron chi connectivity index (χ2n) is 6.84. The molecule has 0 radical (unpaired) electrons. The third-order valence-corrected chi connectivity index (χ3v) is 5.95. The number of nitrogens with one attached hydrogen (secondary N) is 1. The fourth-order valence-electron chi connectivity index (χ4n) is 2.57. The van der Waals surface area contributed by atoms with E-state index < -0.39 is 5.60 Å². The van der Waals surface area contributed by atoms with Crippen LogP contribution < -0.4 is 10.1 Å². The zero-order valence-electron chi connectivity index (χ0n) is 15.3. The molecule has 5 nitrogen and oxygen atoms in total. The summed E-state index contributed by atoms with van der Waals surface area (Å²) in [6.07, 6.45) is 0. The molecule has 2 N–H and O–H groups in total. The lowest BCUT2D eigenvalue weighted by atomic mass is 10.1. The molecule has 3 aromatic rings. The molecule has 138 valence electrons. The van der Waals surface area contributed by atoms with Crippen LogP contribution in [0.15, 0.2) is 23.7 Å². The minimum atomic E-state index is -0.948. The molecule has 2 aromatic heterocycles. The van der Waals surface area contributed by atoms with Crippen molar-refractivity contribution in [3.05, 3.63) is 44.7 Å². The highest BCUT2D eigenvalue weighted by Crippen LogP contribution is 2.34. The maximum atomic E-state index is 12.6. The summed E-state index contributed by atoms with van der Waals surface area (Å²) >= 11 is 3.15. The Kier molecular flexibility index (Phi) is 5.32. The van der Waals surface area contributed by atoms with E-state index >= 15 is 0 Å². The monoisotopic (exact) mass is 390 g/mol. The van der Waals surface area contributed by atoms with E-state index in [4.69, 9.17) is 4.74 Å². The fraction of sp³-hybridized carbons (Fsp3) is 0.368. The maximum Gasteiger partial charge on any atom is 0.253 e. The molecule has 0 atom stereocenters. The van der Waals surface area contributed by atoms with E-state index in [9.17, 15) is 9.90 Å². The summed E-state index contributed by atoms with van der Waals surface area (Å²) in [5, 5.41) is 13.5. The van der Waals surface area contributed by atoms with Gasteiger partial charge in [0.2, 0.25) is 0 Å². The summed E-state index contributed by atoms with van der Waals surface area (Å²) < 4.78 is 6.94. The van der Waals surface area contributed by atoms with E-state index in [1.807, 2.05) is 37.6 Å². The van der Waals surface area contributed by atoms with Crippen molar-refractivity contribution in [2.75, 3.05) is 6.54 Å². The van der Waals surface area contributed by atoms with Gasteiger partial charge in [-0.25, -0.2) is 4.98 Å². The molecule has 3 rings (SSSR count). The van der Waals surface area contributed by atoms with Crippen molar-refractivity contribution in [3.8, 4) is 5.75 Å². The van der Waals surface area contributed by atoms with Gasteiger partial charge in [0, 0.05) is 21.5 Å². The van der Waals surface area contributed by atoms with Gasteiger partial charge >= 0.3 is 0 Å². The minimum absolute atomic E-state index is 0.175. The molecule has 1 aromatic carbocycles. The number of rotatable bonds is 6. The van der Waals surface area contributed by atoms with Crippen LogP contribution in [0.2, 0.25) is 0 Å². The number of aromatic nitrogens is 1. The highest BCUT2D eigenvalue weighted by molar-refractivity contribution is 7.19. The summed E-state index contributed by atoms with van der Waals surface area (Å²) in [6.45, 7) is 7.89. The smallest absolute Gasteiger partial charge is 0.253 e. The first-order valence-corrected chi connectivity index (χ1v) is 10.00. The summed E-state index contributed by atoms with van der Waals surface area (Å²) in [6, 6.07) is 5.82. The maximum absolute atomic E-state index is 12.6. The van der Waals surface area contributed by atoms with Crippen LogP contribution in [0.25, 0.3) is 10.1 Å².